The van der Waals surface area contributed by atoms with Gasteiger partial charge in [-0.05, 0) is 36.4 Å². The third-order valence-electron chi connectivity index (χ3n) is 4.28. The third-order valence-corrected chi connectivity index (χ3v) is 5.20. The number of hydrogen-bond acceptors (Lipinski definition) is 6. The number of hydrogen-bond donors (Lipinski definition) is 1. The van der Waals surface area contributed by atoms with Crippen LogP contribution in [0.15, 0.2) is 47.4 Å². The van der Waals surface area contributed by atoms with E-state index in [0.29, 0.717) is 31.9 Å². The molecule has 1 aliphatic rings. The van der Waals surface area contributed by atoms with Crippen LogP contribution in [0, 0.1) is 15.9 Å². The summed E-state index contributed by atoms with van der Waals surface area (Å²) in [6.07, 6.45) is 0. The summed E-state index contributed by atoms with van der Waals surface area (Å²) in [7, 11) is -4.02. The lowest BCUT2D eigenvalue weighted by atomic mass is 10.2. The van der Waals surface area contributed by atoms with Crippen molar-refractivity contribution in [2.45, 2.75) is 4.90 Å². The van der Waals surface area contributed by atoms with Crippen LogP contribution >= 0.6 is 0 Å². The summed E-state index contributed by atoms with van der Waals surface area (Å²) in [5.41, 5.74) is 0.929. The van der Waals surface area contributed by atoms with Crippen LogP contribution in [0.2, 0.25) is 0 Å². The number of nitrogens with zero attached hydrogens (tertiary/aromatic N) is 3. The molecule has 10 heteroatoms. The molecule has 0 atom stereocenters. The van der Waals surface area contributed by atoms with E-state index in [1.807, 2.05) is 4.90 Å². The molecule has 0 spiro atoms. The summed E-state index contributed by atoms with van der Waals surface area (Å²) in [6.45, 7) is 2.21. The summed E-state index contributed by atoms with van der Waals surface area (Å²) in [4.78, 5) is 14.3. The minimum Gasteiger partial charge on any atom is -0.368 e. The molecule has 1 heterocycles. The summed E-state index contributed by atoms with van der Waals surface area (Å²) < 4.78 is 35.9. The van der Waals surface area contributed by atoms with Gasteiger partial charge in [0.05, 0.1) is 9.82 Å². The van der Waals surface area contributed by atoms with Crippen LogP contribution < -0.4 is 14.9 Å². The molecule has 0 aliphatic carbocycles. The second kappa shape index (κ2) is 6.89. The number of benzene rings is 2. The monoisotopic (exact) mass is 380 g/mol. The number of sulfonamides is 1. The van der Waals surface area contributed by atoms with E-state index in [-0.39, 0.29) is 16.4 Å². The van der Waals surface area contributed by atoms with E-state index in [0.717, 1.165) is 11.8 Å². The predicted octanol–water partition coefficient (Wildman–Crippen LogP) is 1.71. The highest BCUT2D eigenvalue weighted by Crippen LogP contribution is 2.31. The minimum atomic E-state index is -4.02. The molecular formula is C16H17FN4O4S. The van der Waals surface area contributed by atoms with Gasteiger partial charge < -0.3 is 9.80 Å². The van der Waals surface area contributed by atoms with Crippen molar-refractivity contribution in [2.24, 2.45) is 5.14 Å². The van der Waals surface area contributed by atoms with Crippen molar-refractivity contribution >= 4 is 27.1 Å². The Morgan fingerprint density at radius 1 is 1.00 bits per heavy atom. The fourth-order valence-corrected chi connectivity index (χ4v) is 3.48. The quantitative estimate of drug-likeness (QED) is 0.639. The second-order valence-corrected chi connectivity index (χ2v) is 7.46. The molecule has 138 valence electrons. The number of primary sulfonamides is 1. The fourth-order valence-electron chi connectivity index (χ4n) is 2.95. The Balaban J connectivity index is 1.80. The van der Waals surface area contributed by atoms with Crippen LogP contribution in [-0.4, -0.2) is 39.5 Å². The maximum absolute atomic E-state index is 13.0. The molecule has 0 bridgehead atoms. The standard InChI is InChI=1S/C16H17FN4O4S/c17-12-1-3-13(4-2-12)19-7-9-20(10-8-19)15-6-5-14(26(18,24)25)11-16(15)21(22)23/h1-6,11H,7-10H2,(H2,18,24,25). The van der Waals surface area contributed by atoms with E-state index >= 15 is 0 Å². The molecule has 2 aromatic rings. The van der Waals surface area contributed by atoms with Crippen molar-refractivity contribution in [1.29, 1.82) is 0 Å². The topological polar surface area (TPSA) is 110 Å². The second-order valence-electron chi connectivity index (χ2n) is 5.90. The average Bonchev–Trinajstić information content (AvgIpc) is 2.61. The van der Waals surface area contributed by atoms with Crippen LogP contribution in [0.1, 0.15) is 0 Å². The van der Waals surface area contributed by atoms with Crippen molar-refractivity contribution in [3.63, 3.8) is 0 Å². The first-order valence-electron chi connectivity index (χ1n) is 7.82. The molecule has 0 unspecified atom stereocenters. The lowest BCUT2D eigenvalue weighted by Gasteiger charge is -2.37. The number of nitro benzene ring substituents is 1. The average molecular weight is 380 g/mol. The van der Waals surface area contributed by atoms with Gasteiger partial charge in [0.2, 0.25) is 10.0 Å². The van der Waals surface area contributed by atoms with Gasteiger partial charge in [0.1, 0.15) is 11.5 Å². The van der Waals surface area contributed by atoms with Gasteiger partial charge in [0, 0.05) is 37.9 Å². The number of nitrogens with two attached hydrogens (primary N) is 1. The Labute approximate surface area is 149 Å². The van der Waals surface area contributed by atoms with Gasteiger partial charge in [0.15, 0.2) is 0 Å². The van der Waals surface area contributed by atoms with Gasteiger partial charge in [-0.2, -0.15) is 0 Å². The molecule has 26 heavy (non-hydrogen) atoms. The summed E-state index contributed by atoms with van der Waals surface area (Å²) in [5.74, 6) is -0.307. The van der Waals surface area contributed by atoms with E-state index in [2.05, 4.69) is 4.90 Å². The zero-order chi connectivity index (χ0) is 18.9. The molecule has 0 amide bonds. The molecular weight excluding hydrogens is 363 g/mol. The normalized spacial score (nSPS) is 15.2. The number of rotatable bonds is 4. The molecule has 0 saturated carbocycles. The molecule has 3 rings (SSSR count). The summed E-state index contributed by atoms with van der Waals surface area (Å²) in [5, 5.41) is 16.4. The Morgan fingerprint density at radius 2 is 1.58 bits per heavy atom. The van der Waals surface area contributed by atoms with E-state index in [1.165, 1.54) is 24.3 Å². The third kappa shape index (κ3) is 3.75. The number of anilines is 2. The highest BCUT2D eigenvalue weighted by molar-refractivity contribution is 7.89. The minimum absolute atomic E-state index is 0.294. The van der Waals surface area contributed by atoms with Crippen molar-refractivity contribution in [3.05, 3.63) is 58.4 Å². The fraction of sp³-hybridized carbons (Fsp3) is 0.250. The Morgan fingerprint density at radius 3 is 2.12 bits per heavy atom. The zero-order valence-electron chi connectivity index (χ0n) is 13.7. The molecule has 1 fully saturated rings. The molecule has 2 aromatic carbocycles. The van der Waals surface area contributed by atoms with Gasteiger partial charge in [-0.15, -0.1) is 0 Å². The maximum Gasteiger partial charge on any atom is 0.293 e. The SMILES string of the molecule is NS(=O)(=O)c1ccc(N2CCN(c3ccc(F)cc3)CC2)c([N+](=O)[O-])c1. The molecule has 0 aromatic heterocycles. The van der Waals surface area contributed by atoms with Crippen LogP contribution in [0.5, 0.6) is 0 Å². The number of piperazine rings is 1. The van der Waals surface area contributed by atoms with Crippen molar-refractivity contribution < 1.29 is 17.7 Å². The van der Waals surface area contributed by atoms with Gasteiger partial charge in [-0.1, -0.05) is 0 Å². The van der Waals surface area contributed by atoms with Gasteiger partial charge >= 0.3 is 0 Å². The molecule has 2 N–H and O–H groups in total. The first kappa shape index (κ1) is 18.1. The Hall–Kier alpha value is -2.72. The Bertz CT molecular complexity index is 926. The van der Waals surface area contributed by atoms with Crippen LogP contribution in [0.4, 0.5) is 21.5 Å². The van der Waals surface area contributed by atoms with Gasteiger partial charge in [-0.3, -0.25) is 10.1 Å². The first-order valence-corrected chi connectivity index (χ1v) is 9.37. The summed E-state index contributed by atoms with van der Waals surface area (Å²) >= 11 is 0. The Kier molecular flexibility index (Phi) is 4.79. The highest BCUT2D eigenvalue weighted by Gasteiger charge is 2.25. The van der Waals surface area contributed by atoms with Crippen molar-refractivity contribution in [3.8, 4) is 0 Å². The number of nitro groups is 1. The van der Waals surface area contributed by atoms with Crippen LogP contribution in [-0.2, 0) is 10.0 Å². The van der Waals surface area contributed by atoms with Gasteiger partial charge in [-0.25, -0.2) is 17.9 Å². The maximum atomic E-state index is 13.0. The van der Waals surface area contributed by atoms with E-state index < -0.39 is 14.9 Å². The van der Waals surface area contributed by atoms with Crippen molar-refractivity contribution in [1.82, 2.24) is 0 Å². The van der Waals surface area contributed by atoms with E-state index in [4.69, 9.17) is 5.14 Å². The smallest absolute Gasteiger partial charge is 0.293 e. The van der Waals surface area contributed by atoms with Gasteiger partial charge in [0.25, 0.3) is 5.69 Å². The molecule has 0 radical (unpaired) electrons. The van der Waals surface area contributed by atoms with E-state index in [9.17, 15) is 22.9 Å². The molecule has 1 aliphatic heterocycles. The van der Waals surface area contributed by atoms with Crippen LogP contribution in [0.25, 0.3) is 0 Å². The van der Waals surface area contributed by atoms with E-state index in [1.54, 1.807) is 12.1 Å². The van der Waals surface area contributed by atoms with Crippen molar-refractivity contribution in [2.75, 3.05) is 36.0 Å². The van der Waals surface area contributed by atoms with Crippen LogP contribution in [0.3, 0.4) is 0 Å². The predicted molar refractivity (Wildman–Crippen MR) is 95.3 cm³/mol. The number of halogens is 1. The lowest BCUT2D eigenvalue weighted by molar-refractivity contribution is -0.384. The largest absolute Gasteiger partial charge is 0.368 e. The molecule has 8 nitrogen and oxygen atoms in total. The lowest BCUT2D eigenvalue weighted by Crippen LogP contribution is -2.46. The highest BCUT2D eigenvalue weighted by atomic mass is 32.2. The first-order chi connectivity index (χ1) is 12.3. The molecule has 1 saturated heterocycles. The summed E-state index contributed by atoms with van der Waals surface area (Å²) in [6, 6.07) is 9.81. The zero-order valence-corrected chi connectivity index (χ0v) is 14.5.